The Morgan fingerprint density at radius 2 is 2.16 bits per heavy atom. The third-order valence-corrected chi connectivity index (χ3v) is 3.69. The normalized spacial score (nSPS) is 16.6. The Bertz CT molecular complexity index is 567. The predicted molar refractivity (Wildman–Crippen MR) is 68.4 cm³/mol. The summed E-state index contributed by atoms with van der Waals surface area (Å²) in [7, 11) is 0. The lowest BCUT2D eigenvalue weighted by Gasteiger charge is -2.21. The van der Waals surface area contributed by atoms with Gasteiger partial charge in [0.15, 0.2) is 11.5 Å². The first-order valence-electron chi connectivity index (χ1n) is 6.56. The molecule has 2 aromatic heterocycles. The van der Waals surface area contributed by atoms with Gasteiger partial charge in [-0.3, -0.25) is 4.79 Å². The number of primary amides is 1. The summed E-state index contributed by atoms with van der Waals surface area (Å²) in [6.45, 7) is 0. The van der Waals surface area contributed by atoms with Gasteiger partial charge in [-0.05, 0) is 18.8 Å². The quantitative estimate of drug-likeness (QED) is 0.883. The SMILES string of the molecule is NC(=O)c1noc(-c2ncc[nH]2)c1C1CCCCC1. The van der Waals surface area contributed by atoms with Crippen LogP contribution in [0.15, 0.2) is 16.9 Å². The fraction of sp³-hybridized carbons (Fsp3) is 0.462. The number of amides is 1. The monoisotopic (exact) mass is 260 g/mol. The van der Waals surface area contributed by atoms with Gasteiger partial charge < -0.3 is 15.2 Å². The Hall–Kier alpha value is -2.11. The summed E-state index contributed by atoms with van der Waals surface area (Å²) in [4.78, 5) is 18.7. The lowest BCUT2D eigenvalue weighted by molar-refractivity contribution is 0.0990. The molecule has 0 aromatic carbocycles. The van der Waals surface area contributed by atoms with Crippen LogP contribution in [0.5, 0.6) is 0 Å². The van der Waals surface area contributed by atoms with Crippen LogP contribution in [0, 0.1) is 0 Å². The van der Waals surface area contributed by atoms with Crippen LogP contribution in [0.25, 0.3) is 11.6 Å². The van der Waals surface area contributed by atoms with E-state index < -0.39 is 5.91 Å². The van der Waals surface area contributed by atoms with Crippen molar-refractivity contribution in [2.45, 2.75) is 38.0 Å². The van der Waals surface area contributed by atoms with Crippen LogP contribution in [0.1, 0.15) is 54.1 Å². The van der Waals surface area contributed by atoms with E-state index in [9.17, 15) is 4.79 Å². The molecule has 2 aromatic rings. The van der Waals surface area contributed by atoms with E-state index in [-0.39, 0.29) is 11.6 Å². The van der Waals surface area contributed by atoms with Crippen LogP contribution in [-0.4, -0.2) is 21.0 Å². The molecule has 2 heterocycles. The number of rotatable bonds is 3. The van der Waals surface area contributed by atoms with Crippen LogP contribution >= 0.6 is 0 Å². The average molecular weight is 260 g/mol. The summed E-state index contributed by atoms with van der Waals surface area (Å²) in [5.74, 6) is 0.885. The molecule has 1 amide bonds. The Morgan fingerprint density at radius 3 is 2.79 bits per heavy atom. The van der Waals surface area contributed by atoms with Gasteiger partial charge in [-0.25, -0.2) is 4.98 Å². The van der Waals surface area contributed by atoms with E-state index in [0.717, 1.165) is 31.2 Å². The smallest absolute Gasteiger partial charge is 0.271 e. The third kappa shape index (κ3) is 2.14. The first-order valence-corrected chi connectivity index (χ1v) is 6.56. The van der Waals surface area contributed by atoms with Crippen molar-refractivity contribution in [3.63, 3.8) is 0 Å². The maximum absolute atomic E-state index is 11.5. The summed E-state index contributed by atoms with van der Waals surface area (Å²) in [6.07, 6.45) is 8.99. The zero-order valence-electron chi connectivity index (χ0n) is 10.6. The van der Waals surface area contributed by atoms with E-state index in [0.29, 0.717) is 11.6 Å². The minimum absolute atomic E-state index is 0.248. The number of carbonyl (C=O) groups is 1. The molecule has 100 valence electrons. The van der Waals surface area contributed by atoms with Crippen molar-refractivity contribution in [2.75, 3.05) is 0 Å². The van der Waals surface area contributed by atoms with Crippen molar-refractivity contribution in [1.82, 2.24) is 15.1 Å². The van der Waals surface area contributed by atoms with Crippen molar-refractivity contribution >= 4 is 5.91 Å². The standard InChI is InChI=1S/C13H16N4O2/c14-12(18)10-9(8-4-2-1-3-5-8)11(19-17-10)13-15-6-7-16-13/h6-8H,1-5H2,(H2,14,18)(H,15,16). The molecule has 19 heavy (non-hydrogen) atoms. The molecule has 0 spiro atoms. The molecular formula is C13H16N4O2. The van der Waals surface area contributed by atoms with Crippen molar-refractivity contribution in [3.05, 3.63) is 23.7 Å². The minimum atomic E-state index is -0.540. The molecule has 1 saturated carbocycles. The number of nitrogens with one attached hydrogen (secondary N) is 1. The highest BCUT2D eigenvalue weighted by atomic mass is 16.5. The van der Waals surface area contributed by atoms with Crippen molar-refractivity contribution in [2.24, 2.45) is 5.73 Å². The number of hydrogen-bond donors (Lipinski definition) is 2. The molecule has 6 nitrogen and oxygen atoms in total. The van der Waals surface area contributed by atoms with Gasteiger partial charge in [0.1, 0.15) is 0 Å². The van der Waals surface area contributed by atoms with Gasteiger partial charge in [-0.1, -0.05) is 24.4 Å². The zero-order valence-corrected chi connectivity index (χ0v) is 10.6. The fourth-order valence-corrected chi connectivity index (χ4v) is 2.81. The highest BCUT2D eigenvalue weighted by molar-refractivity contribution is 5.93. The predicted octanol–water partition coefficient (Wildman–Crippen LogP) is 2.21. The molecule has 0 aliphatic heterocycles. The molecule has 0 radical (unpaired) electrons. The van der Waals surface area contributed by atoms with Crippen LogP contribution in [0.3, 0.4) is 0 Å². The van der Waals surface area contributed by atoms with Gasteiger partial charge in [0.2, 0.25) is 5.76 Å². The number of aromatic nitrogens is 3. The van der Waals surface area contributed by atoms with Crippen LogP contribution in [-0.2, 0) is 0 Å². The van der Waals surface area contributed by atoms with Gasteiger partial charge in [0.05, 0.1) is 0 Å². The molecule has 1 aliphatic carbocycles. The van der Waals surface area contributed by atoms with E-state index >= 15 is 0 Å². The molecule has 0 saturated heterocycles. The topological polar surface area (TPSA) is 97.8 Å². The molecule has 3 rings (SSSR count). The molecule has 3 N–H and O–H groups in total. The Labute approximate surface area is 110 Å². The van der Waals surface area contributed by atoms with E-state index in [4.69, 9.17) is 10.3 Å². The van der Waals surface area contributed by atoms with Crippen molar-refractivity contribution < 1.29 is 9.32 Å². The number of nitrogens with zero attached hydrogens (tertiary/aromatic N) is 2. The largest absolute Gasteiger partial charge is 0.364 e. The molecule has 1 aliphatic rings. The minimum Gasteiger partial charge on any atom is -0.364 e. The summed E-state index contributed by atoms with van der Waals surface area (Å²) < 4.78 is 5.31. The van der Waals surface area contributed by atoms with E-state index in [1.54, 1.807) is 12.4 Å². The van der Waals surface area contributed by atoms with Gasteiger partial charge in [0, 0.05) is 18.0 Å². The Kier molecular flexibility index (Phi) is 3.06. The summed E-state index contributed by atoms with van der Waals surface area (Å²) >= 11 is 0. The summed E-state index contributed by atoms with van der Waals surface area (Å²) in [6, 6.07) is 0. The molecule has 1 fully saturated rings. The number of imidazole rings is 1. The number of carbonyl (C=O) groups excluding carboxylic acids is 1. The molecule has 0 atom stereocenters. The maximum Gasteiger partial charge on any atom is 0.271 e. The summed E-state index contributed by atoms with van der Waals surface area (Å²) in [5, 5.41) is 3.84. The molecule has 6 heteroatoms. The van der Waals surface area contributed by atoms with Gasteiger partial charge in [-0.15, -0.1) is 0 Å². The lowest BCUT2D eigenvalue weighted by atomic mass is 9.83. The molecule has 0 unspecified atom stereocenters. The van der Waals surface area contributed by atoms with Gasteiger partial charge >= 0.3 is 0 Å². The number of nitrogens with two attached hydrogens (primary N) is 1. The number of hydrogen-bond acceptors (Lipinski definition) is 4. The molecular weight excluding hydrogens is 244 g/mol. The fourth-order valence-electron chi connectivity index (χ4n) is 2.81. The average Bonchev–Trinajstić information content (AvgIpc) is 3.08. The van der Waals surface area contributed by atoms with Gasteiger partial charge in [0.25, 0.3) is 5.91 Å². The highest BCUT2D eigenvalue weighted by Crippen LogP contribution is 2.39. The Balaban J connectivity index is 2.07. The van der Waals surface area contributed by atoms with Crippen molar-refractivity contribution in [1.29, 1.82) is 0 Å². The first-order chi connectivity index (χ1) is 9.27. The van der Waals surface area contributed by atoms with Crippen molar-refractivity contribution in [3.8, 4) is 11.6 Å². The van der Waals surface area contributed by atoms with Crippen LogP contribution in [0.4, 0.5) is 0 Å². The molecule has 0 bridgehead atoms. The maximum atomic E-state index is 11.5. The second-order valence-electron chi connectivity index (χ2n) is 4.91. The zero-order chi connectivity index (χ0) is 13.2. The van der Waals surface area contributed by atoms with E-state index in [1.807, 2.05) is 0 Å². The number of aromatic amines is 1. The Morgan fingerprint density at radius 1 is 1.37 bits per heavy atom. The second kappa shape index (κ2) is 4.87. The summed E-state index contributed by atoms with van der Waals surface area (Å²) in [5.41, 5.74) is 6.47. The highest BCUT2D eigenvalue weighted by Gasteiger charge is 2.29. The van der Waals surface area contributed by atoms with Crippen LogP contribution < -0.4 is 5.73 Å². The van der Waals surface area contributed by atoms with Gasteiger partial charge in [-0.2, -0.15) is 0 Å². The van der Waals surface area contributed by atoms with Crippen LogP contribution in [0.2, 0.25) is 0 Å². The lowest BCUT2D eigenvalue weighted by Crippen LogP contribution is -2.16. The number of H-pyrrole nitrogens is 1. The van der Waals surface area contributed by atoms with E-state index in [2.05, 4.69) is 15.1 Å². The third-order valence-electron chi connectivity index (χ3n) is 3.69. The van der Waals surface area contributed by atoms with E-state index in [1.165, 1.54) is 6.42 Å². The second-order valence-corrected chi connectivity index (χ2v) is 4.91. The first kappa shape index (κ1) is 12.0.